The summed E-state index contributed by atoms with van der Waals surface area (Å²) in [5, 5.41) is 2.69. The predicted molar refractivity (Wildman–Crippen MR) is 119 cm³/mol. The van der Waals surface area contributed by atoms with Gasteiger partial charge in [0.1, 0.15) is 6.61 Å². The van der Waals surface area contributed by atoms with E-state index in [-0.39, 0.29) is 11.5 Å². The number of rotatable bonds is 8. The van der Waals surface area contributed by atoms with E-state index >= 15 is 0 Å². The second-order valence-corrected chi connectivity index (χ2v) is 6.54. The van der Waals surface area contributed by atoms with Crippen molar-refractivity contribution in [1.82, 2.24) is 0 Å². The SMILES string of the molecule is COC(=O)c1ccccc1NC(=O)/C=C/c1ccc(OCc2ccccc2)c(OC)c1. The lowest BCUT2D eigenvalue weighted by Gasteiger charge is -2.11. The molecular weight excluding hydrogens is 394 g/mol. The van der Waals surface area contributed by atoms with Crippen LogP contribution in [0.4, 0.5) is 5.69 Å². The molecule has 0 saturated carbocycles. The molecule has 0 radical (unpaired) electrons. The lowest BCUT2D eigenvalue weighted by Crippen LogP contribution is -2.12. The molecule has 1 N–H and O–H groups in total. The van der Waals surface area contributed by atoms with Crippen LogP contribution in [-0.2, 0) is 16.1 Å². The van der Waals surface area contributed by atoms with Crippen molar-refractivity contribution in [2.75, 3.05) is 19.5 Å². The summed E-state index contributed by atoms with van der Waals surface area (Å²) >= 11 is 0. The average Bonchev–Trinajstić information content (AvgIpc) is 2.82. The zero-order valence-corrected chi connectivity index (χ0v) is 17.3. The summed E-state index contributed by atoms with van der Waals surface area (Å²) in [6.45, 7) is 0.425. The van der Waals surface area contributed by atoms with E-state index in [1.165, 1.54) is 13.2 Å². The summed E-state index contributed by atoms with van der Waals surface area (Å²) in [6.07, 6.45) is 3.03. The monoisotopic (exact) mass is 417 g/mol. The van der Waals surface area contributed by atoms with Gasteiger partial charge >= 0.3 is 5.97 Å². The molecule has 0 aliphatic heterocycles. The number of anilines is 1. The maximum absolute atomic E-state index is 12.3. The van der Waals surface area contributed by atoms with Crippen molar-refractivity contribution < 1.29 is 23.8 Å². The predicted octanol–water partition coefficient (Wildman–Crippen LogP) is 4.71. The molecule has 0 aliphatic carbocycles. The van der Waals surface area contributed by atoms with Crippen LogP contribution in [-0.4, -0.2) is 26.1 Å². The van der Waals surface area contributed by atoms with Crippen molar-refractivity contribution in [2.24, 2.45) is 0 Å². The Bertz CT molecular complexity index is 1080. The Morgan fingerprint density at radius 2 is 1.65 bits per heavy atom. The molecule has 0 spiro atoms. The normalized spacial score (nSPS) is 10.5. The highest BCUT2D eigenvalue weighted by atomic mass is 16.5. The molecule has 1 amide bonds. The Labute approximate surface area is 181 Å². The van der Waals surface area contributed by atoms with Crippen LogP contribution in [0.3, 0.4) is 0 Å². The Balaban J connectivity index is 1.67. The smallest absolute Gasteiger partial charge is 0.339 e. The van der Waals surface area contributed by atoms with E-state index in [4.69, 9.17) is 14.2 Å². The molecule has 31 heavy (non-hydrogen) atoms. The molecule has 3 aromatic carbocycles. The minimum atomic E-state index is -0.518. The molecule has 3 aromatic rings. The van der Waals surface area contributed by atoms with Crippen LogP contribution in [0.5, 0.6) is 11.5 Å². The fourth-order valence-electron chi connectivity index (χ4n) is 2.87. The maximum atomic E-state index is 12.3. The van der Waals surface area contributed by atoms with E-state index in [0.29, 0.717) is 23.8 Å². The van der Waals surface area contributed by atoms with Gasteiger partial charge in [-0.05, 0) is 41.5 Å². The summed E-state index contributed by atoms with van der Waals surface area (Å²) < 4.78 is 16.0. The van der Waals surface area contributed by atoms with E-state index < -0.39 is 5.97 Å². The number of ether oxygens (including phenoxy) is 3. The Morgan fingerprint density at radius 1 is 0.903 bits per heavy atom. The number of hydrogen-bond acceptors (Lipinski definition) is 5. The maximum Gasteiger partial charge on any atom is 0.339 e. The molecule has 0 aliphatic rings. The molecule has 0 saturated heterocycles. The van der Waals surface area contributed by atoms with E-state index in [1.807, 2.05) is 36.4 Å². The van der Waals surface area contributed by atoms with E-state index in [2.05, 4.69) is 5.32 Å². The number of carbonyl (C=O) groups is 2. The van der Waals surface area contributed by atoms with Crippen LogP contribution in [0.1, 0.15) is 21.5 Å². The van der Waals surface area contributed by atoms with Crippen molar-refractivity contribution in [3.05, 3.63) is 95.6 Å². The van der Waals surface area contributed by atoms with Gasteiger partial charge in [0.05, 0.1) is 25.5 Å². The lowest BCUT2D eigenvalue weighted by atomic mass is 10.1. The summed E-state index contributed by atoms with van der Waals surface area (Å²) in [5.74, 6) is 0.282. The molecule has 0 bridgehead atoms. The van der Waals surface area contributed by atoms with Gasteiger partial charge in [-0.3, -0.25) is 4.79 Å². The molecular formula is C25H23NO5. The van der Waals surface area contributed by atoms with Gasteiger partial charge in [0, 0.05) is 6.08 Å². The molecule has 0 aromatic heterocycles. The largest absolute Gasteiger partial charge is 0.493 e. The Hall–Kier alpha value is -4.06. The minimum Gasteiger partial charge on any atom is -0.493 e. The average molecular weight is 417 g/mol. The third kappa shape index (κ3) is 5.96. The highest BCUT2D eigenvalue weighted by molar-refractivity contribution is 6.06. The van der Waals surface area contributed by atoms with Gasteiger partial charge in [-0.15, -0.1) is 0 Å². The summed E-state index contributed by atoms with van der Waals surface area (Å²) in [7, 11) is 2.86. The number of carbonyl (C=O) groups excluding carboxylic acids is 2. The zero-order valence-electron chi connectivity index (χ0n) is 17.3. The summed E-state index contributed by atoms with van der Waals surface area (Å²) in [4.78, 5) is 24.1. The van der Waals surface area contributed by atoms with Crippen molar-refractivity contribution in [1.29, 1.82) is 0 Å². The third-order valence-corrected chi connectivity index (χ3v) is 4.44. The van der Waals surface area contributed by atoms with Crippen LogP contribution >= 0.6 is 0 Å². The van der Waals surface area contributed by atoms with Crippen molar-refractivity contribution in [3.63, 3.8) is 0 Å². The van der Waals surface area contributed by atoms with Gasteiger partial charge < -0.3 is 19.5 Å². The zero-order chi connectivity index (χ0) is 22.1. The Kier molecular flexibility index (Phi) is 7.43. The first-order valence-corrected chi connectivity index (χ1v) is 9.62. The van der Waals surface area contributed by atoms with Crippen molar-refractivity contribution in [2.45, 2.75) is 6.61 Å². The van der Waals surface area contributed by atoms with E-state index in [1.54, 1.807) is 49.6 Å². The topological polar surface area (TPSA) is 73.9 Å². The minimum absolute atomic E-state index is 0.285. The molecule has 0 heterocycles. The summed E-state index contributed by atoms with van der Waals surface area (Å²) in [5.41, 5.74) is 2.48. The summed E-state index contributed by atoms with van der Waals surface area (Å²) in [6, 6.07) is 21.9. The number of methoxy groups -OCH3 is 2. The number of nitrogens with one attached hydrogen (secondary N) is 1. The second-order valence-electron chi connectivity index (χ2n) is 6.54. The second kappa shape index (κ2) is 10.6. The molecule has 0 unspecified atom stereocenters. The lowest BCUT2D eigenvalue weighted by molar-refractivity contribution is -0.111. The number of hydrogen-bond donors (Lipinski definition) is 1. The fourth-order valence-corrected chi connectivity index (χ4v) is 2.87. The van der Waals surface area contributed by atoms with Crippen LogP contribution in [0.15, 0.2) is 78.9 Å². The van der Waals surface area contributed by atoms with Gasteiger partial charge in [0.25, 0.3) is 0 Å². The number of esters is 1. The van der Waals surface area contributed by atoms with Crippen LogP contribution < -0.4 is 14.8 Å². The van der Waals surface area contributed by atoms with Gasteiger partial charge in [0.2, 0.25) is 5.91 Å². The number of amides is 1. The third-order valence-electron chi connectivity index (χ3n) is 4.44. The van der Waals surface area contributed by atoms with E-state index in [0.717, 1.165) is 11.1 Å². The van der Waals surface area contributed by atoms with Crippen molar-refractivity contribution in [3.8, 4) is 11.5 Å². The van der Waals surface area contributed by atoms with Crippen LogP contribution in [0.2, 0.25) is 0 Å². The first-order valence-electron chi connectivity index (χ1n) is 9.62. The fraction of sp³-hybridized carbons (Fsp3) is 0.120. The molecule has 158 valence electrons. The molecule has 6 nitrogen and oxygen atoms in total. The van der Waals surface area contributed by atoms with E-state index in [9.17, 15) is 9.59 Å². The van der Waals surface area contributed by atoms with Crippen LogP contribution in [0.25, 0.3) is 6.08 Å². The molecule has 6 heteroatoms. The first-order chi connectivity index (χ1) is 15.1. The number of para-hydroxylation sites is 1. The molecule has 0 atom stereocenters. The van der Waals surface area contributed by atoms with Gasteiger partial charge in [-0.1, -0.05) is 48.5 Å². The van der Waals surface area contributed by atoms with Gasteiger partial charge in [0.15, 0.2) is 11.5 Å². The highest BCUT2D eigenvalue weighted by Crippen LogP contribution is 2.29. The van der Waals surface area contributed by atoms with Crippen molar-refractivity contribution >= 4 is 23.6 Å². The standard InChI is InChI=1S/C25H23NO5/c1-29-23-16-18(12-14-22(23)31-17-19-8-4-3-5-9-19)13-15-24(27)26-21-11-7-6-10-20(21)25(28)30-2/h3-16H,17H2,1-2H3,(H,26,27)/b15-13+. The van der Waals surface area contributed by atoms with Gasteiger partial charge in [-0.2, -0.15) is 0 Å². The quantitative estimate of drug-likeness (QED) is 0.424. The highest BCUT2D eigenvalue weighted by Gasteiger charge is 2.12. The first kappa shape index (κ1) is 21.6. The van der Waals surface area contributed by atoms with Gasteiger partial charge in [-0.25, -0.2) is 4.79 Å². The van der Waals surface area contributed by atoms with Crippen LogP contribution in [0, 0.1) is 0 Å². The molecule has 0 fully saturated rings. The number of benzene rings is 3. The Morgan fingerprint density at radius 3 is 2.39 bits per heavy atom. The molecule has 3 rings (SSSR count).